The first kappa shape index (κ1) is 11.3. The van der Waals surface area contributed by atoms with Crippen LogP contribution in [0.15, 0.2) is 30.5 Å². The molecule has 0 saturated heterocycles. The SMILES string of the molecule is Cn1ncc([N+](=O)[O-])c1Cn1nnc2ccccc21. The van der Waals surface area contributed by atoms with Gasteiger partial charge in [-0.05, 0) is 12.1 Å². The number of nitrogens with zero attached hydrogens (tertiary/aromatic N) is 6. The van der Waals surface area contributed by atoms with Gasteiger partial charge in [-0.15, -0.1) is 5.10 Å². The van der Waals surface area contributed by atoms with Crippen LogP contribution in [0.5, 0.6) is 0 Å². The van der Waals surface area contributed by atoms with Crippen molar-refractivity contribution in [3.8, 4) is 0 Å². The second kappa shape index (κ2) is 4.16. The van der Waals surface area contributed by atoms with Gasteiger partial charge in [0.1, 0.15) is 17.4 Å². The Morgan fingerprint density at radius 3 is 2.95 bits per heavy atom. The van der Waals surface area contributed by atoms with Crippen molar-refractivity contribution < 1.29 is 4.92 Å². The fourth-order valence-corrected chi connectivity index (χ4v) is 1.96. The van der Waals surface area contributed by atoms with E-state index in [0.29, 0.717) is 5.69 Å². The summed E-state index contributed by atoms with van der Waals surface area (Å²) in [7, 11) is 1.67. The highest BCUT2D eigenvalue weighted by Crippen LogP contribution is 2.19. The van der Waals surface area contributed by atoms with Crippen LogP contribution in [0.1, 0.15) is 5.69 Å². The largest absolute Gasteiger partial charge is 0.312 e. The van der Waals surface area contributed by atoms with Crippen LogP contribution in [-0.2, 0) is 13.6 Å². The molecule has 8 heteroatoms. The van der Waals surface area contributed by atoms with Crippen molar-refractivity contribution in [1.29, 1.82) is 0 Å². The molecule has 0 radical (unpaired) electrons. The Morgan fingerprint density at radius 1 is 1.37 bits per heavy atom. The predicted octanol–water partition coefficient (Wildman–Crippen LogP) is 1.12. The van der Waals surface area contributed by atoms with Gasteiger partial charge < -0.3 is 0 Å². The highest BCUT2D eigenvalue weighted by Gasteiger charge is 2.20. The zero-order valence-electron chi connectivity index (χ0n) is 10.1. The number of fused-ring (bicyclic) bond motifs is 1. The predicted molar refractivity (Wildman–Crippen MR) is 66.5 cm³/mol. The molecule has 3 rings (SSSR count). The highest BCUT2D eigenvalue weighted by atomic mass is 16.6. The standard InChI is InChI=1S/C11H10N6O2/c1-15-11(10(6-12-15)17(18)19)7-16-9-5-3-2-4-8(9)13-14-16/h2-6H,7H2,1H3. The first-order valence-corrected chi connectivity index (χ1v) is 5.60. The van der Waals surface area contributed by atoms with Crippen LogP contribution in [0.25, 0.3) is 11.0 Å². The molecule has 0 aliphatic heterocycles. The summed E-state index contributed by atoms with van der Waals surface area (Å²) in [6, 6.07) is 7.46. The third kappa shape index (κ3) is 1.82. The van der Waals surface area contributed by atoms with Gasteiger partial charge in [0.05, 0.1) is 17.0 Å². The van der Waals surface area contributed by atoms with Crippen LogP contribution in [-0.4, -0.2) is 29.7 Å². The number of aromatic nitrogens is 5. The van der Waals surface area contributed by atoms with E-state index in [1.54, 1.807) is 11.7 Å². The molecule has 19 heavy (non-hydrogen) atoms. The summed E-state index contributed by atoms with van der Waals surface area (Å²) in [5.74, 6) is 0. The van der Waals surface area contributed by atoms with Crippen LogP contribution in [0.4, 0.5) is 5.69 Å². The molecule has 0 aliphatic carbocycles. The van der Waals surface area contributed by atoms with Crippen LogP contribution in [0, 0.1) is 10.1 Å². The van der Waals surface area contributed by atoms with E-state index in [9.17, 15) is 10.1 Å². The van der Waals surface area contributed by atoms with Gasteiger partial charge in [0.25, 0.3) is 0 Å². The molecular formula is C11H10N6O2. The molecule has 0 fully saturated rings. The van der Waals surface area contributed by atoms with Crippen molar-refractivity contribution >= 4 is 16.7 Å². The molecule has 0 saturated carbocycles. The average Bonchev–Trinajstić information content (AvgIpc) is 2.96. The van der Waals surface area contributed by atoms with E-state index in [0.717, 1.165) is 11.0 Å². The molecule has 3 aromatic rings. The highest BCUT2D eigenvalue weighted by molar-refractivity contribution is 5.73. The maximum atomic E-state index is 10.9. The number of para-hydroxylation sites is 1. The lowest BCUT2D eigenvalue weighted by Crippen LogP contribution is -2.08. The minimum absolute atomic E-state index is 0.0120. The number of nitro groups is 1. The third-order valence-corrected chi connectivity index (χ3v) is 2.96. The molecule has 8 nitrogen and oxygen atoms in total. The van der Waals surface area contributed by atoms with E-state index in [-0.39, 0.29) is 12.2 Å². The normalized spacial score (nSPS) is 11.0. The molecule has 2 heterocycles. The molecule has 0 aliphatic rings. The van der Waals surface area contributed by atoms with Crippen LogP contribution in [0.2, 0.25) is 0 Å². The molecule has 1 aromatic carbocycles. The maximum Gasteiger partial charge on any atom is 0.312 e. The monoisotopic (exact) mass is 258 g/mol. The molecular weight excluding hydrogens is 248 g/mol. The van der Waals surface area contributed by atoms with Gasteiger partial charge in [-0.25, -0.2) is 4.68 Å². The zero-order valence-corrected chi connectivity index (χ0v) is 10.1. The van der Waals surface area contributed by atoms with Gasteiger partial charge in [-0.3, -0.25) is 14.8 Å². The minimum Gasteiger partial charge on any atom is -0.264 e. The fraction of sp³-hybridized carbons (Fsp3) is 0.182. The Balaban J connectivity index is 2.06. The zero-order chi connectivity index (χ0) is 13.4. The lowest BCUT2D eigenvalue weighted by Gasteiger charge is -2.02. The number of hydrogen-bond donors (Lipinski definition) is 0. The van der Waals surface area contributed by atoms with Crippen LogP contribution < -0.4 is 0 Å². The summed E-state index contributed by atoms with van der Waals surface area (Å²) < 4.78 is 3.11. The third-order valence-electron chi connectivity index (χ3n) is 2.96. The van der Waals surface area contributed by atoms with Crippen molar-refractivity contribution in [3.05, 3.63) is 46.3 Å². The molecule has 0 amide bonds. The quantitative estimate of drug-likeness (QED) is 0.518. The summed E-state index contributed by atoms with van der Waals surface area (Å²) in [6.07, 6.45) is 1.24. The van der Waals surface area contributed by atoms with Crippen molar-refractivity contribution in [1.82, 2.24) is 24.8 Å². The van der Waals surface area contributed by atoms with Crippen molar-refractivity contribution in [3.63, 3.8) is 0 Å². The number of hydrogen-bond acceptors (Lipinski definition) is 5. The second-order valence-corrected chi connectivity index (χ2v) is 4.09. The van der Waals surface area contributed by atoms with Gasteiger partial charge in [-0.2, -0.15) is 5.10 Å². The summed E-state index contributed by atoms with van der Waals surface area (Å²) >= 11 is 0. The van der Waals surface area contributed by atoms with E-state index in [1.165, 1.54) is 10.9 Å². The molecule has 0 spiro atoms. The van der Waals surface area contributed by atoms with Gasteiger partial charge >= 0.3 is 5.69 Å². The second-order valence-electron chi connectivity index (χ2n) is 4.09. The Labute approximate surface area is 107 Å². The van der Waals surface area contributed by atoms with Gasteiger partial charge in [0, 0.05) is 7.05 Å². The number of aryl methyl sites for hydroxylation is 1. The molecule has 0 bridgehead atoms. The molecule has 0 atom stereocenters. The average molecular weight is 258 g/mol. The number of rotatable bonds is 3. The van der Waals surface area contributed by atoms with E-state index >= 15 is 0 Å². The molecule has 0 unspecified atom stereocenters. The van der Waals surface area contributed by atoms with Gasteiger partial charge in [-0.1, -0.05) is 17.3 Å². The summed E-state index contributed by atoms with van der Waals surface area (Å²) in [5.41, 5.74) is 2.06. The van der Waals surface area contributed by atoms with Crippen LogP contribution >= 0.6 is 0 Å². The van der Waals surface area contributed by atoms with Gasteiger partial charge in [0.15, 0.2) is 0 Å². The Kier molecular flexibility index (Phi) is 2.48. The van der Waals surface area contributed by atoms with E-state index in [2.05, 4.69) is 15.4 Å². The smallest absolute Gasteiger partial charge is 0.264 e. The van der Waals surface area contributed by atoms with E-state index in [1.807, 2.05) is 24.3 Å². The summed E-state index contributed by atoms with van der Waals surface area (Å²) in [4.78, 5) is 10.5. The topological polar surface area (TPSA) is 91.7 Å². The first-order valence-electron chi connectivity index (χ1n) is 5.60. The maximum absolute atomic E-state index is 10.9. The Morgan fingerprint density at radius 2 is 2.16 bits per heavy atom. The molecule has 96 valence electrons. The van der Waals surface area contributed by atoms with Crippen LogP contribution in [0.3, 0.4) is 0 Å². The molecule has 2 aromatic heterocycles. The lowest BCUT2D eigenvalue weighted by molar-refractivity contribution is -0.385. The fourth-order valence-electron chi connectivity index (χ4n) is 1.96. The van der Waals surface area contributed by atoms with Gasteiger partial charge in [0.2, 0.25) is 0 Å². The molecule has 0 N–H and O–H groups in total. The number of benzene rings is 1. The summed E-state index contributed by atoms with van der Waals surface area (Å²) in [6.45, 7) is 0.257. The first-order chi connectivity index (χ1) is 9.16. The Bertz CT molecular complexity index is 759. The van der Waals surface area contributed by atoms with E-state index in [4.69, 9.17) is 0 Å². The Hall–Kier alpha value is -2.77. The lowest BCUT2D eigenvalue weighted by atomic mass is 10.3. The summed E-state index contributed by atoms with van der Waals surface area (Å²) in [5, 5.41) is 22.9. The minimum atomic E-state index is -0.443. The van der Waals surface area contributed by atoms with Crippen molar-refractivity contribution in [2.45, 2.75) is 6.54 Å². The van der Waals surface area contributed by atoms with Crippen molar-refractivity contribution in [2.24, 2.45) is 7.05 Å². The van der Waals surface area contributed by atoms with Crippen molar-refractivity contribution in [2.75, 3.05) is 0 Å². The van der Waals surface area contributed by atoms with E-state index < -0.39 is 4.92 Å².